The average molecular weight is 431 g/mol. The number of nitrogens with zero attached hydrogens (tertiary/aromatic N) is 3. The van der Waals surface area contributed by atoms with Gasteiger partial charge in [0.05, 0.1) is 12.1 Å². The molecule has 1 aliphatic heterocycles. The summed E-state index contributed by atoms with van der Waals surface area (Å²) in [5, 5.41) is 3.89. The number of oxazole rings is 1. The highest BCUT2D eigenvalue weighted by Gasteiger charge is 2.30. The number of amides is 1. The number of benzene rings is 2. The number of carbonyl (C=O) groups is 1. The lowest BCUT2D eigenvalue weighted by molar-refractivity contribution is 0.0656. The summed E-state index contributed by atoms with van der Waals surface area (Å²) in [6.45, 7) is 1.10. The summed E-state index contributed by atoms with van der Waals surface area (Å²) in [4.78, 5) is 19.2. The summed E-state index contributed by atoms with van der Waals surface area (Å²) in [7, 11) is 0. The molecule has 0 N–H and O–H groups in total. The Balaban J connectivity index is 1.27. The minimum absolute atomic E-state index is 0.0196. The molecule has 0 spiro atoms. The molecule has 32 heavy (non-hydrogen) atoms. The molecule has 0 bridgehead atoms. The first-order valence-electron chi connectivity index (χ1n) is 10.7. The summed E-state index contributed by atoms with van der Waals surface area (Å²) >= 11 is 0. The Morgan fingerprint density at radius 1 is 1.12 bits per heavy atom. The molecule has 1 atom stereocenters. The van der Waals surface area contributed by atoms with E-state index in [-0.39, 0.29) is 17.6 Å². The van der Waals surface area contributed by atoms with E-state index in [4.69, 9.17) is 8.94 Å². The Bertz CT molecular complexity index is 1220. The van der Waals surface area contributed by atoms with Gasteiger partial charge < -0.3 is 13.8 Å². The molecule has 4 aromatic rings. The van der Waals surface area contributed by atoms with Gasteiger partial charge in [0.2, 0.25) is 5.76 Å². The van der Waals surface area contributed by atoms with E-state index < -0.39 is 5.82 Å². The normalized spacial score (nSPS) is 16.3. The van der Waals surface area contributed by atoms with Gasteiger partial charge in [-0.25, -0.2) is 9.37 Å². The molecular formula is C25H22FN3O3. The fourth-order valence-electron chi connectivity index (χ4n) is 4.08. The first-order valence-corrected chi connectivity index (χ1v) is 10.7. The van der Waals surface area contributed by atoms with E-state index in [0.717, 1.165) is 24.2 Å². The van der Waals surface area contributed by atoms with Gasteiger partial charge in [0, 0.05) is 31.1 Å². The van der Waals surface area contributed by atoms with E-state index in [1.165, 1.54) is 12.1 Å². The largest absolute Gasteiger partial charge is 0.445 e. The number of hydrogen-bond acceptors (Lipinski definition) is 5. The third-order valence-corrected chi connectivity index (χ3v) is 5.72. The van der Waals surface area contributed by atoms with Crippen molar-refractivity contribution in [2.45, 2.75) is 25.2 Å². The van der Waals surface area contributed by atoms with Crippen molar-refractivity contribution in [2.75, 3.05) is 13.1 Å². The fourth-order valence-corrected chi connectivity index (χ4v) is 4.08. The molecule has 7 heteroatoms. The lowest BCUT2D eigenvalue weighted by atomic mass is 9.97. The number of rotatable bonds is 5. The zero-order valence-corrected chi connectivity index (χ0v) is 17.4. The third-order valence-electron chi connectivity index (χ3n) is 5.72. The number of hydrogen-bond donors (Lipinski definition) is 0. The Morgan fingerprint density at radius 2 is 1.94 bits per heavy atom. The number of likely N-dealkylation sites (tertiary alicyclic amines) is 1. The van der Waals surface area contributed by atoms with Gasteiger partial charge in [-0.2, -0.15) is 0 Å². The lowest BCUT2D eigenvalue weighted by Gasteiger charge is -2.30. The molecule has 1 fully saturated rings. The molecule has 6 nitrogen and oxygen atoms in total. The molecule has 3 heterocycles. The molecule has 0 saturated carbocycles. The second-order valence-electron chi connectivity index (χ2n) is 7.97. The molecule has 0 aliphatic carbocycles. The topological polar surface area (TPSA) is 72.4 Å². The maximum absolute atomic E-state index is 14.0. The third kappa shape index (κ3) is 4.19. The zero-order valence-electron chi connectivity index (χ0n) is 17.4. The summed E-state index contributed by atoms with van der Waals surface area (Å²) in [6, 6.07) is 17.9. The van der Waals surface area contributed by atoms with Crippen molar-refractivity contribution in [1.29, 1.82) is 0 Å². The minimum atomic E-state index is -0.409. The average Bonchev–Trinajstić information content (AvgIpc) is 3.50. The molecular weight excluding hydrogens is 409 g/mol. The second kappa shape index (κ2) is 8.78. The summed E-state index contributed by atoms with van der Waals surface area (Å²) in [6.07, 6.45) is 4.17. The van der Waals surface area contributed by atoms with Crippen LogP contribution in [-0.2, 0) is 6.42 Å². The van der Waals surface area contributed by atoms with Crippen LogP contribution in [0.15, 0.2) is 75.8 Å². The molecule has 0 unspecified atom stereocenters. The maximum atomic E-state index is 14.0. The molecule has 1 saturated heterocycles. The predicted molar refractivity (Wildman–Crippen MR) is 116 cm³/mol. The zero-order chi connectivity index (χ0) is 21.9. The van der Waals surface area contributed by atoms with Crippen LogP contribution in [0.3, 0.4) is 0 Å². The smallest absolute Gasteiger partial charge is 0.292 e. The standard InChI is InChI=1S/C25H22FN3O3/c26-21-11-5-4-10-20(21)22-14-23(32-28-22)25(30)29-12-6-9-18(16-29)24-27-15-19(31-24)13-17-7-2-1-3-8-17/h1-5,7-8,10-11,14-15,18H,6,9,12-13,16H2/t18-/m1/s1. The van der Waals surface area contributed by atoms with Crippen LogP contribution in [0.1, 0.15) is 46.5 Å². The lowest BCUT2D eigenvalue weighted by Crippen LogP contribution is -2.39. The van der Waals surface area contributed by atoms with Crippen LogP contribution in [0.25, 0.3) is 11.3 Å². The fraction of sp³-hybridized carbons (Fsp3) is 0.240. The van der Waals surface area contributed by atoms with Crippen molar-refractivity contribution in [3.8, 4) is 11.3 Å². The highest BCUT2D eigenvalue weighted by Crippen LogP contribution is 2.29. The molecule has 162 valence electrons. The van der Waals surface area contributed by atoms with E-state index in [1.807, 2.05) is 18.2 Å². The van der Waals surface area contributed by atoms with E-state index >= 15 is 0 Å². The van der Waals surface area contributed by atoms with Crippen molar-refractivity contribution in [1.82, 2.24) is 15.0 Å². The van der Waals surface area contributed by atoms with Crippen LogP contribution >= 0.6 is 0 Å². The Hall–Kier alpha value is -3.74. The molecule has 2 aromatic heterocycles. The van der Waals surface area contributed by atoms with Crippen molar-refractivity contribution in [3.63, 3.8) is 0 Å². The second-order valence-corrected chi connectivity index (χ2v) is 7.97. The van der Waals surface area contributed by atoms with E-state index in [1.54, 1.807) is 29.3 Å². The summed E-state index contributed by atoms with van der Waals surface area (Å²) < 4.78 is 25.3. The summed E-state index contributed by atoms with van der Waals surface area (Å²) in [5.74, 6) is 0.901. The first kappa shape index (κ1) is 20.2. The molecule has 5 rings (SSSR count). The van der Waals surface area contributed by atoms with Gasteiger partial charge >= 0.3 is 0 Å². The van der Waals surface area contributed by atoms with Crippen LogP contribution in [-0.4, -0.2) is 34.0 Å². The van der Waals surface area contributed by atoms with Gasteiger partial charge in [-0.15, -0.1) is 0 Å². The highest BCUT2D eigenvalue weighted by molar-refractivity contribution is 5.92. The van der Waals surface area contributed by atoms with Crippen molar-refractivity contribution in [2.24, 2.45) is 0 Å². The monoisotopic (exact) mass is 431 g/mol. The highest BCUT2D eigenvalue weighted by atomic mass is 19.1. The molecule has 1 aliphatic rings. The Morgan fingerprint density at radius 3 is 2.78 bits per heavy atom. The number of carbonyl (C=O) groups excluding carboxylic acids is 1. The van der Waals surface area contributed by atoms with Gasteiger partial charge in [0.15, 0.2) is 5.89 Å². The van der Waals surface area contributed by atoms with Gasteiger partial charge in [0.25, 0.3) is 5.91 Å². The van der Waals surface area contributed by atoms with Crippen LogP contribution in [0.5, 0.6) is 0 Å². The van der Waals surface area contributed by atoms with Crippen LogP contribution < -0.4 is 0 Å². The maximum Gasteiger partial charge on any atom is 0.292 e. The molecule has 0 radical (unpaired) electrons. The summed E-state index contributed by atoms with van der Waals surface area (Å²) in [5.41, 5.74) is 1.77. The van der Waals surface area contributed by atoms with Crippen LogP contribution in [0.2, 0.25) is 0 Å². The quantitative estimate of drug-likeness (QED) is 0.441. The van der Waals surface area contributed by atoms with Crippen molar-refractivity contribution in [3.05, 3.63) is 95.7 Å². The first-order chi connectivity index (χ1) is 15.7. The Kier molecular flexibility index (Phi) is 5.54. The van der Waals surface area contributed by atoms with Gasteiger partial charge in [-0.1, -0.05) is 47.6 Å². The van der Waals surface area contributed by atoms with Gasteiger partial charge in [-0.3, -0.25) is 4.79 Å². The molecule has 1 amide bonds. The van der Waals surface area contributed by atoms with Gasteiger partial charge in [-0.05, 0) is 30.5 Å². The van der Waals surface area contributed by atoms with Crippen molar-refractivity contribution < 1.29 is 18.1 Å². The Labute approximate surface area is 184 Å². The van der Waals surface area contributed by atoms with E-state index in [9.17, 15) is 9.18 Å². The minimum Gasteiger partial charge on any atom is -0.445 e. The van der Waals surface area contributed by atoms with Crippen LogP contribution in [0.4, 0.5) is 4.39 Å². The van der Waals surface area contributed by atoms with Crippen LogP contribution in [0, 0.1) is 5.82 Å². The van der Waals surface area contributed by atoms with E-state index in [2.05, 4.69) is 22.3 Å². The SMILES string of the molecule is O=C(c1cc(-c2ccccc2F)no1)N1CCC[C@@H](c2ncc(Cc3ccccc3)o2)C1. The number of halogens is 1. The number of aromatic nitrogens is 2. The number of piperidine rings is 1. The van der Waals surface area contributed by atoms with Gasteiger partial charge in [0.1, 0.15) is 17.3 Å². The van der Waals surface area contributed by atoms with Crippen molar-refractivity contribution >= 4 is 5.91 Å². The molecule has 2 aromatic carbocycles. The predicted octanol–water partition coefficient (Wildman–Crippen LogP) is 5.08. The van der Waals surface area contributed by atoms with E-state index in [0.29, 0.717) is 36.7 Å².